The summed E-state index contributed by atoms with van der Waals surface area (Å²) in [5.74, 6) is -2.05. The fourth-order valence-corrected chi connectivity index (χ4v) is 4.22. The summed E-state index contributed by atoms with van der Waals surface area (Å²) in [4.78, 5) is 27.0. The van der Waals surface area contributed by atoms with E-state index in [2.05, 4.69) is 5.32 Å². The van der Waals surface area contributed by atoms with E-state index in [0.29, 0.717) is 23.3 Å². The Bertz CT molecular complexity index is 1170. The third-order valence-electron chi connectivity index (χ3n) is 5.44. The number of carbonyl (C=O) groups is 2. The first-order chi connectivity index (χ1) is 16.8. The Morgan fingerprint density at radius 1 is 1.08 bits per heavy atom. The Morgan fingerprint density at radius 2 is 1.75 bits per heavy atom. The van der Waals surface area contributed by atoms with E-state index in [9.17, 15) is 35.6 Å². The van der Waals surface area contributed by atoms with Crippen LogP contribution in [0.5, 0.6) is 0 Å². The van der Waals surface area contributed by atoms with Gasteiger partial charge in [-0.15, -0.1) is 0 Å². The number of alkyl halides is 3. The van der Waals surface area contributed by atoms with Crippen molar-refractivity contribution in [2.75, 3.05) is 23.7 Å². The summed E-state index contributed by atoms with van der Waals surface area (Å²) >= 11 is 0. The Hall–Kier alpha value is -3.15. The maximum atomic E-state index is 14.3. The van der Waals surface area contributed by atoms with Gasteiger partial charge in [-0.25, -0.2) is 12.8 Å². The number of amides is 2. The first kappa shape index (κ1) is 29.1. The van der Waals surface area contributed by atoms with Gasteiger partial charge in [0.1, 0.15) is 18.4 Å². The van der Waals surface area contributed by atoms with Gasteiger partial charge < -0.3 is 10.2 Å². The maximum absolute atomic E-state index is 14.3. The molecule has 2 rings (SSSR count). The molecular formula is C24H29F4N3O4S. The highest BCUT2D eigenvalue weighted by Gasteiger charge is 2.33. The van der Waals surface area contributed by atoms with Crippen LogP contribution in [0.15, 0.2) is 48.5 Å². The fourth-order valence-electron chi connectivity index (χ4n) is 3.38. The molecule has 0 saturated carbocycles. The molecule has 198 valence electrons. The molecule has 1 atom stereocenters. The third kappa shape index (κ3) is 7.94. The van der Waals surface area contributed by atoms with Crippen LogP contribution < -0.4 is 9.62 Å². The number of anilines is 1. The zero-order valence-corrected chi connectivity index (χ0v) is 21.0. The third-order valence-corrected chi connectivity index (χ3v) is 6.58. The van der Waals surface area contributed by atoms with E-state index in [1.54, 1.807) is 6.07 Å². The summed E-state index contributed by atoms with van der Waals surface area (Å²) in [6.07, 6.45) is -2.47. The number of unbranched alkanes of at least 4 members (excludes halogenated alkanes) is 1. The van der Waals surface area contributed by atoms with E-state index in [0.717, 1.165) is 35.8 Å². The van der Waals surface area contributed by atoms with Crippen LogP contribution in [0, 0.1) is 5.82 Å². The predicted molar refractivity (Wildman–Crippen MR) is 128 cm³/mol. The van der Waals surface area contributed by atoms with Gasteiger partial charge in [-0.2, -0.15) is 13.2 Å². The van der Waals surface area contributed by atoms with Crippen LogP contribution in [0.3, 0.4) is 0 Å². The second-order valence-corrected chi connectivity index (χ2v) is 10.2. The molecule has 0 aliphatic heterocycles. The average Bonchev–Trinajstić information content (AvgIpc) is 2.80. The fraction of sp³-hybridized carbons (Fsp3) is 0.417. The number of benzene rings is 2. The Morgan fingerprint density at radius 3 is 2.33 bits per heavy atom. The van der Waals surface area contributed by atoms with Crippen LogP contribution in [-0.2, 0) is 32.3 Å². The molecule has 1 N–H and O–H groups in total. The van der Waals surface area contributed by atoms with E-state index in [1.165, 1.54) is 25.1 Å². The Kier molecular flexibility index (Phi) is 9.85. The van der Waals surface area contributed by atoms with E-state index < -0.39 is 52.0 Å². The van der Waals surface area contributed by atoms with Gasteiger partial charge in [-0.1, -0.05) is 37.6 Å². The lowest BCUT2D eigenvalue weighted by atomic mass is 10.1. The largest absolute Gasteiger partial charge is 0.416 e. The molecule has 0 aliphatic carbocycles. The van der Waals surface area contributed by atoms with E-state index in [1.807, 2.05) is 6.92 Å². The van der Waals surface area contributed by atoms with Crippen LogP contribution in [0.1, 0.15) is 37.8 Å². The van der Waals surface area contributed by atoms with E-state index in [4.69, 9.17) is 0 Å². The Labute approximate surface area is 208 Å². The molecule has 0 fully saturated rings. The van der Waals surface area contributed by atoms with E-state index in [-0.39, 0.29) is 17.8 Å². The minimum atomic E-state index is -4.73. The predicted octanol–water partition coefficient (Wildman–Crippen LogP) is 3.94. The van der Waals surface area contributed by atoms with Gasteiger partial charge >= 0.3 is 6.18 Å². The minimum Gasteiger partial charge on any atom is -0.354 e. The Balaban J connectivity index is 2.42. The van der Waals surface area contributed by atoms with Gasteiger partial charge in [0.15, 0.2) is 0 Å². The second-order valence-electron chi connectivity index (χ2n) is 8.25. The van der Waals surface area contributed by atoms with Crippen molar-refractivity contribution in [2.24, 2.45) is 0 Å². The van der Waals surface area contributed by atoms with Gasteiger partial charge in [-0.3, -0.25) is 13.9 Å². The number of nitrogens with one attached hydrogen (secondary N) is 1. The summed E-state index contributed by atoms with van der Waals surface area (Å²) < 4.78 is 79.4. The molecule has 0 heterocycles. The number of carbonyl (C=O) groups excluding carboxylic acids is 2. The SMILES string of the molecule is CCCCNC(=O)[C@@H](C)N(Cc1ccccc1F)C(=O)CN(c1cccc(C(F)(F)F)c1)S(C)(=O)=O. The molecule has 0 bridgehead atoms. The number of halogens is 4. The smallest absolute Gasteiger partial charge is 0.354 e. The summed E-state index contributed by atoms with van der Waals surface area (Å²) in [7, 11) is -4.21. The molecule has 36 heavy (non-hydrogen) atoms. The average molecular weight is 532 g/mol. The first-order valence-corrected chi connectivity index (χ1v) is 13.1. The molecule has 0 aliphatic rings. The highest BCUT2D eigenvalue weighted by molar-refractivity contribution is 7.92. The van der Waals surface area contributed by atoms with Crippen molar-refractivity contribution in [3.63, 3.8) is 0 Å². The lowest BCUT2D eigenvalue weighted by Gasteiger charge is -2.31. The number of hydrogen-bond donors (Lipinski definition) is 1. The molecule has 12 heteroatoms. The quantitative estimate of drug-likeness (QED) is 0.352. The molecule has 2 amide bonds. The highest BCUT2D eigenvalue weighted by atomic mass is 32.2. The maximum Gasteiger partial charge on any atom is 0.416 e. The van der Waals surface area contributed by atoms with Crippen molar-refractivity contribution in [1.82, 2.24) is 10.2 Å². The lowest BCUT2D eigenvalue weighted by molar-refractivity contribution is -0.139. The van der Waals surface area contributed by atoms with Gasteiger partial charge in [0, 0.05) is 18.7 Å². The molecule has 2 aromatic carbocycles. The van der Waals surface area contributed by atoms with Crippen molar-refractivity contribution in [2.45, 2.75) is 45.5 Å². The standard InChI is InChI=1S/C24H29F4N3O4S/c1-4-5-13-29-23(33)17(2)30(15-18-9-6-7-12-21(18)25)22(32)16-31(36(3,34)35)20-11-8-10-19(14-20)24(26,27)28/h6-12,14,17H,4-5,13,15-16H2,1-3H3,(H,29,33)/t17-/m1/s1. The number of sulfonamides is 1. The number of nitrogens with zero attached hydrogens (tertiary/aromatic N) is 2. The van der Waals surface area contributed by atoms with Crippen LogP contribution in [0.4, 0.5) is 23.2 Å². The minimum absolute atomic E-state index is 0.0871. The summed E-state index contributed by atoms with van der Waals surface area (Å²) in [5.41, 5.74) is -1.37. The number of rotatable bonds is 11. The molecule has 0 spiro atoms. The number of hydrogen-bond acceptors (Lipinski definition) is 4. The van der Waals surface area contributed by atoms with Gasteiger partial charge in [0.05, 0.1) is 17.5 Å². The van der Waals surface area contributed by atoms with Crippen LogP contribution in [0.2, 0.25) is 0 Å². The van der Waals surface area contributed by atoms with Crippen molar-refractivity contribution in [3.05, 3.63) is 65.5 Å². The summed E-state index contributed by atoms with van der Waals surface area (Å²) in [6, 6.07) is 8.02. The van der Waals surface area contributed by atoms with Crippen LogP contribution in [0.25, 0.3) is 0 Å². The molecular weight excluding hydrogens is 502 g/mol. The van der Waals surface area contributed by atoms with Crippen molar-refractivity contribution < 1.29 is 35.6 Å². The molecule has 7 nitrogen and oxygen atoms in total. The summed E-state index contributed by atoms with van der Waals surface area (Å²) in [5, 5.41) is 2.67. The van der Waals surface area contributed by atoms with Crippen molar-refractivity contribution in [3.8, 4) is 0 Å². The summed E-state index contributed by atoms with van der Waals surface area (Å²) in [6.45, 7) is 2.45. The lowest BCUT2D eigenvalue weighted by Crippen LogP contribution is -2.51. The van der Waals surface area contributed by atoms with Crippen molar-refractivity contribution >= 4 is 27.5 Å². The highest BCUT2D eigenvalue weighted by Crippen LogP contribution is 2.32. The topological polar surface area (TPSA) is 86.8 Å². The zero-order chi connectivity index (χ0) is 27.1. The monoisotopic (exact) mass is 531 g/mol. The molecule has 0 aromatic heterocycles. The molecule has 0 saturated heterocycles. The first-order valence-electron chi connectivity index (χ1n) is 11.2. The van der Waals surface area contributed by atoms with Crippen LogP contribution in [-0.4, -0.2) is 50.5 Å². The molecule has 0 unspecified atom stereocenters. The van der Waals surface area contributed by atoms with Gasteiger partial charge in [0.25, 0.3) is 0 Å². The molecule has 2 aromatic rings. The van der Waals surface area contributed by atoms with E-state index >= 15 is 0 Å². The van der Waals surface area contributed by atoms with Gasteiger partial charge in [-0.05, 0) is 37.6 Å². The molecule has 0 radical (unpaired) electrons. The second kappa shape index (κ2) is 12.2. The van der Waals surface area contributed by atoms with Gasteiger partial charge in [0.2, 0.25) is 21.8 Å². The van der Waals surface area contributed by atoms with Crippen LogP contribution >= 0.6 is 0 Å². The van der Waals surface area contributed by atoms with Crippen molar-refractivity contribution in [1.29, 1.82) is 0 Å². The zero-order valence-electron chi connectivity index (χ0n) is 20.2. The normalized spacial score (nSPS) is 12.6.